The fourth-order valence-corrected chi connectivity index (χ4v) is 2.63. The van der Waals surface area contributed by atoms with Gasteiger partial charge in [0, 0.05) is 12.1 Å². The quantitative estimate of drug-likeness (QED) is 0.854. The standard InChI is InChI=1S/C17H20N2O4/c1-22-13-7-5-12(6-8-13)16-15(19-10-23-16)17(21)18-9-14(20)11-3-2-4-11/h5-8,10-11,14,20H,2-4,9H2,1H3,(H,18,21). The van der Waals surface area contributed by atoms with Crippen LogP contribution in [0.3, 0.4) is 0 Å². The second-order valence-corrected chi connectivity index (χ2v) is 5.73. The maximum absolute atomic E-state index is 12.3. The molecule has 6 heteroatoms. The highest BCUT2D eigenvalue weighted by Gasteiger charge is 2.26. The summed E-state index contributed by atoms with van der Waals surface area (Å²) in [5.41, 5.74) is 0.962. The van der Waals surface area contributed by atoms with Crippen molar-refractivity contribution in [1.82, 2.24) is 10.3 Å². The summed E-state index contributed by atoms with van der Waals surface area (Å²) in [5.74, 6) is 1.09. The summed E-state index contributed by atoms with van der Waals surface area (Å²) < 4.78 is 10.5. The van der Waals surface area contributed by atoms with Gasteiger partial charge in [-0.15, -0.1) is 0 Å². The predicted octanol–water partition coefficient (Wildman–Crippen LogP) is 2.24. The lowest BCUT2D eigenvalue weighted by Gasteiger charge is -2.30. The van der Waals surface area contributed by atoms with E-state index in [0.29, 0.717) is 11.7 Å². The highest BCUT2D eigenvalue weighted by Crippen LogP contribution is 2.29. The third-order valence-corrected chi connectivity index (χ3v) is 4.30. The van der Waals surface area contributed by atoms with Crippen molar-refractivity contribution < 1.29 is 19.1 Å². The zero-order chi connectivity index (χ0) is 16.2. The zero-order valence-electron chi connectivity index (χ0n) is 13.0. The van der Waals surface area contributed by atoms with Crippen molar-refractivity contribution in [1.29, 1.82) is 0 Å². The van der Waals surface area contributed by atoms with E-state index in [1.165, 1.54) is 6.39 Å². The first-order valence-corrected chi connectivity index (χ1v) is 7.73. The molecule has 1 aliphatic carbocycles. The first-order valence-electron chi connectivity index (χ1n) is 7.73. The molecule has 1 heterocycles. The number of amides is 1. The molecule has 1 aromatic heterocycles. The molecule has 2 aromatic rings. The molecular weight excluding hydrogens is 296 g/mol. The van der Waals surface area contributed by atoms with E-state index >= 15 is 0 Å². The molecule has 1 unspecified atom stereocenters. The maximum Gasteiger partial charge on any atom is 0.274 e. The molecule has 6 nitrogen and oxygen atoms in total. The maximum atomic E-state index is 12.3. The molecule has 0 bridgehead atoms. The van der Waals surface area contributed by atoms with Crippen LogP contribution < -0.4 is 10.1 Å². The lowest BCUT2D eigenvalue weighted by molar-refractivity contribution is 0.0583. The monoisotopic (exact) mass is 316 g/mol. The Morgan fingerprint density at radius 1 is 1.43 bits per heavy atom. The van der Waals surface area contributed by atoms with Gasteiger partial charge >= 0.3 is 0 Å². The average molecular weight is 316 g/mol. The molecule has 1 amide bonds. The van der Waals surface area contributed by atoms with Gasteiger partial charge in [0.1, 0.15) is 5.75 Å². The Hall–Kier alpha value is -2.34. The van der Waals surface area contributed by atoms with Gasteiger partial charge in [-0.3, -0.25) is 4.79 Å². The van der Waals surface area contributed by atoms with Gasteiger partial charge < -0.3 is 19.6 Å². The molecule has 1 aromatic carbocycles. The van der Waals surface area contributed by atoms with E-state index in [-0.39, 0.29) is 18.1 Å². The number of benzene rings is 1. The van der Waals surface area contributed by atoms with Crippen LogP contribution in [0.25, 0.3) is 11.3 Å². The van der Waals surface area contributed by atoms with Crippen LogP contribution in [0.2, 0.25) is 0 Å². The number of nitrogens with one attached hydrogen (secondary N) is 1. The molecule has 1 saturated carbocycles. The van der Waals surface area contributed by atoms with Gasteiger partial charge in [-0.25, -0.2) is 4.98 Å². The Morgan fingerprint density at radius 3 is 2.78 bits per heavy atom. The minimum atomic E-state index is -0.496. The van der Waals surface area contributed by atoms with Gasteiger partial charge in [0.15, 0.2) is 17.8 Å². The lowest BCUT2D eigenvalue weighted by Crippen LogP contribution is -2.38. The van der Waals surface area contributed by atoms with Crippen LogP contribution in [0, 0.1) is 5.92 Å². The summed E-state index contributed by atoms with van der Waals surface area (Å²) in [4.78, 5) is 16.3. The van der Waals surface area contributed by atoms with E-state index in [1.807, 2.05) is 0 Å². The summed E-state index contributed by atoms with van der Waals surface area (Å²) in [6.07, 6.45) is 3.96. The van der Waals surface area contributed by atoms with E-state index in [1.54, 1.807) is 31.4 Å². The molecule has 1 fully saturated rings. The number of ether oxygens (including phenoxy) is 1. The molecule has 1 atom stereocenters. The second kappa shape index (κ2) is 6.83. The van der Waals surface area contributed by atoms with Crippen LogP contribution in [0.4, 0.5) is 0 Å². The number of aliphatic hydroxyl groups is 1. The molecule has 122 valence electrons. The number of hydrogen-bond acceptors (Lipinski definition) is 5. The number of aromatic nitrogens is 1. The normalized spacial score (nSPS) is 15.7. The number of carbonyl (C=O) groups is 1. The third kappa shape index (κ3) is 3.37. The summed E-state index contributed by atoms with van der Waals surface area (Å²) >= 11 is 0. The van der Waals surface area contributed by atoms with Crippen molar-refractivity contribution >= 4 is 5.91 Å². The van der Waals surface area contributed by atoms with Crippen LogP contribution >= 0.6 is 0 Å². The summed E-state index contributed by atoms with van der Waals surface area (Å²) in [6.45, 7) is 0.235. The molecule has 3 rings (SSSR count). The molecular formula is C17H20N2O4. The van der Waals surface area contributed by atoms with Gasteiger partial charge in [-0.1, -0.05) is 6.42 Å². The van der Waals surface area contributed by atoms with Crippen LogP contribution in [0.1, 0.15) is 29.8 Å². The molecule has 0 radical (unpaired) electrons. The van der Waals surface area contributed by atoms with Crippen molar-refractivity contribution in [3.63, 3.8) is 0 Å². The lowest BCUT2D eigenvalue weighted by atomic mass is 9.81. The van der Waals surface area contributed by atoms with Crippen LogP contribution in [-0.4, -0.2) is 35.8 Å². The smallest absolute Gasteiger partial charge is 0.274 e. The number of oxazole rings is 1. The van der Waals surface area contributed by atoms with E-state index in [0.717, 1.165) is 30.6 Å². The first kappa shape index (κ1) is 15.6. The fourth-order valence-electron chi connectivity index (χ4n) is 2.63. The molecule has 0 aliphatic heterocycles. The molecule has 1 aliphatic rings. The number of hydrogen-bond donors (Lipinski definition) is 2. The Balaban J connectivity index is 1.67. The first-order chi connectivity index (χ1) is 11.2. The van der Waals surface area contributed by atoms with Crippen LogP contribution in [0.5, 0.6) is 5.75 Å². The SMILES string of the molecule is COc1ccc(-c2ocnc2C(=O)NCC(O)C2CCC2)cc1. The van der Waals surface area contributed by atoms with Gasteiger partial charge in [0.25, 0.3) is 5.91 Å². The Bertz CT molecular complexity index is 661. The third-order valence-electron chi connectivity index (χ3n) is 4.30. The van der Waals surface area contributed by atoms with Gasteiger partial charge in [0.05, 0.1) is 13.2 Å². The van der Waals surface area contributed by atoms with Crippen molar-refractivity contribution in [3.05, 3.63) is 36.4 Å². The highest BCUT2D eigenvalue weighted by molar-refractivity contribution is 5.97. The highest BCUT2D eigenvalue weighted by atomic mass is 16.5. The van der Waals surface area contributed by atoms with Gasteiger partial charge in [-0.2, -0.15) is 0 Å². The second-order valence-electron chi connectivity index (χ2n) is 5.73. The number of aliphatic hydroxyl groups excluding tert-OH is 1. The van der Waals surface area contributed by atoms with Crippen molar-refractivity contribution in [2.24, 2.45) is 5.92 Å². The van der Waals surface area contributed by atoms with E-state index in [4.69, 9.17) is 9.15 Å². The molecule has 23 heavy (non-hydrogen) atoms. The fraction of sp³-hybridized carbons (Fsp3) is 0.412. The largest absolute Gasteiger partial charge is 0.497 e. The van der Waals surface area contributed by atoms with Crippen molar-refractivity contribution in [2.75, 3.05) is 13.7 Å². The molecule has 0 spiro atoms. The minimum Gasteiger partial charge on any atom is -0.497 e. The predicted molar refractivity (Wildman–Crippen MR) is 84.2 cm³/mol. The van der Waals surface area contributed by atoms with Crippen molar-refractivity contribution in [2.45, 2.75) is 25.4 Å². The Morgan fingerprint density at radius 2 is 2.17 bits per heavy atom. The molecule has 0 saturated heterocycles. The number of carbonyl (C=O) groups excluding carboxylic acids is 1. The number of nitrogens with zero attached hydrogens (tertiary/aromatic N) is 1. The zero-order valence-corrected chi connectivity index (χ0v) is 13.0. The summed E-state index contributed by atoms with van der Waals surface area (Å²) in [5, 5.41) is 12.7. The Labute approximate surface area is 134 Å². The average Bonchev–Trinajstić information content (AvgIpc) is 3.00. The summed E-state index contributed by atoms with van der Waals surface area (Å²) in [7, 11) is 1.59. The minimum absolute atomic E-state index is 0.218. The van der Waals surface area contributed by atoms with Crippen LogP contribution in [0.15, 0.2) is 35.1 Å². The van der Waals surface area contributed by atoms with Gasteiger partial charge in [-0.05, 0) is 43.0 Å². The van der Waals surface area contributed by atoms with Gasteiger partial charge in [0.2, 0.25) is 0 Å². The van der Waals surface area contributed by atoms with Crippen molar-refractivity contribution in [3.8, 4) is 17.1 Å². The van der Waals surface area contributed by atoms with E-state index in [9.17, 15) is 9.90 Å². The number of methoxy groups -OCH3 is 1. The van der Waals surface area contributed by atoms with Crippen LogP contribution in [-0.2, 0) is 0 Å². The van der Waals surface area contributed by atoms with E-state index < -0.39 is 6.10 Å². The number of rotatable bonds is 6. The molecule has 2 N–H and O–H groups in total. The Kier molecular flexibility index (Phi) is 4.62. The van der Waals surface area contributed by atoms with E-state index in [2.05, 4.69) is 10.3 Å². The topological polar surface area (TPSA) is 84.6 Å². The summed E-state index contributed by atoms with van der Waals surface area (Å²) in [6, 6.07) is 7.19.